The Labute approximate surface area is 158 Å². The first kappa shape index (κ1) is 17.9. The van der Waals surface area contributed by atoms with Crippen molar-refractivity contribution in [3.8, 4) is 0 Å². The molecule has 1 aromatic carbocycles. The number of rotatable bonds is 4. The van der Waals surface area contributed by atoms with E-state index in [0.29, 0.717) is 48.7 Å². The predicted molar refractivity (Wildman–Crippen MR) is 101 cm³/mol. The minimum Gasteiger partial charge on any atom is -0.378 e. The van der Waals surface area contributed by atoms with Crippen LogP contribution in [0.2, 0.25) is 5.02 Å². The molecule has 0 spiro atoms. The Morgan fingerprint density at radius 3 is 2.80 bits per heavy atom. The molecule has 2 heterocycles. The van der Waals surface area contributed by atoms with Gasteiger partial charge in [-0.1, -0.05) is 11.6 Å². The van der Waals surface area contributed by atoms with Gasteiger partial charge in [-0.15, -0.1) is 0 Å². The van der Waals surface area contributed by atoms with E-state index in [4.69, 9.17) is 16.3 Å². The van der Waals surface area contributed by atoms with E-state index in [2.05, 4.69) is 36.5 Å². The lowest BCUT2D eigenvalue weighted by Crippen LogP contribution is -2.40. The van der Waals surface area contributed by atoms with Crippen LogP contribution < -0.4 is 10.6 Å². The molecule has 3 rings (SSSR count). The molecule has 0 atom stereocenters. The maximum absolute atomic E-state index is 12.5. The number of ether oxygens (including phenoxy) is 1. The van der Waals surface area contributed by atoms with Crippen LogP contribution in [0.25, 0.3) is 0 Å². The summed E-state index contributed by atoms with van der Waals surface area (Å²) >= 11 is 9.48. The normalized spacial score (nSPS) is 14.3. The van der Waals surface area contributed by atoms with Crippen LogP contribution in [0.15, 0.2) is 28.9 Å². The van der Waals surface area contributed by atoms with Crippen molar-refractivity contribution < 1.29 is 9.53 Å². The molecule has 1 fully saturated rings. The van der Waals surface area contributed by atoms with Gasteiger partial charge in [-0.05, 0) is 34.1 Å². The summed E-state index contributed by atoms with van der Waals surface area (Å²) < 4.78 is 6.03. The molecule has 9 heteroatoms. The monoisotopic (exact) mass is 425 g/mol. The Hall–Kier alpha value is -1.90. The highest BCUT2D eigenvalue weighted by Gasteiger charge is 2.19. The fraction of sp³-hybridized carbons (Fsp3) is 0.312. The highest BCUT2D eigenvalue weighted by atomic mass is 79.9. The number of anilines is 3. The number of aromatic nitrogens is 2. The molecule has 132 valence electrons. The smallest absolute Gasteiger partial charge is 0.254 e. The van der Waals surface area contributed by atoms with E-state index in [0.717, 1.165) is 10.2 Å². The standard InChI is InChI=1S/C16H17BrClN5O2/c1-19-14-12(18)9-20-16(22-14)21-13-3-2-10(8-11(13)17)15(24)23-4-6-25-7-5-23/h2-3,8-9H,4-7H2,1H3,(H2,19,20,21,22). The first-order valence-corrected chi connectivity index (χ1v) is 8.89. The minimum absolute atomic E-state index is 0.00392. The van der Waals surface area contributed by atoms with Crippen LogP contribution in [0.3, 0.4) is 0 Å². The molecule has 0 bridgehead atoms. The summed E-state index contributed by atoms with van der Waals surface area (Å²) in [4.78, 5) is 22.7. The van der Waals surface area contributed by atoms with Crippen molar-refractivity contribution in [2.45, 2.75) is 0 Å². The molecule has 0 radical (unpaired) electrons. The summed E-state index contributed by atoms with van der Waals surface area (Å²) in [5.41, 5.74) is 1.37. The molecule has 7 nitrogen and oxygen atoms in total. The Balaban J connectivity index is 1.76. The molecule has 0 aliphatic carbocycles. The molecule has 0 unspecified atom stereocenters. The van der Waals surface area contributed by atoms with Gasteiger partial charge in [0.1, 0.15) is 10.8 Å². The molecule has 1 aromatic heterocycles. The van der Waals surface area contributed by atoms with Crippen LogP contribution in [-0.2, 0) is 4.74 Å². The van der Waals surface area contributed by atoms with Crippen molar-refractivity contribution in [1.29, 1.82) is 0 Å². The maximum atomic E-state index is 12.5. The van der Waals surface area contributed by atoms with Gasteiger partial charge in [0, 0.05) is 30.2 Å². The number of hydrogen-bond acceptors (Lipinski definition) is 6. The van der Waals surface area contributed by atoms with Crippen molar-refractivity contribution >= 4 is 50.9 Å². The number of halogens is 2. The second-order valence-electron chi connectivity index (χ2n) is 5.36. The molecule has 1 amide bonds. The van der Waals surface area contributed by atoms with E-state index in [1.807, 2.05) is 6.07 Å². The fourth-order valence-electron chi connectivity index (χ4n) is 2.42. The van der Waals surface area contributed by atoms with E-state index in [1.54, 1.807) is 24.1 Å². The average molecular weight is 427 g/mol. The topological polar surface area (TPSA) is 79.4 Å². The number of hydrogen-bond donors (Lipinski definition) is 2. The molecule has 1 aliphatic heterocycles. The van der Waals surface area contributed by atoms with Gasteiger partial charge in [0.25, 0.3) is 5.91 Å². The van der Waals surface area contributed by atoms with E-state index < -0.39 is 0 Å². The summed E-state index contributed by atoms with van der Waals surface area (Å²) in [7, 11) is 1.74. The van der Waals surface area contributed by atoms with Crippen LogP contribution in [-0.4, -0.2) is 54.1 Å². The van der Waals surface area contributed by atoms with Crippen LogP contribution in [0, 0.1) is 0 Å². The molecule has 1 aliphatic rings. The fourth-order valence-corrected chi connectivity index (χ4v) is 3.09. The van der Waals surface area contributed by atoms with Gasteiger partial charge in [-0.3, -0.25) is 4.79 Å². The van der Waals surface area contributed by atoms with Gasteiger partial charge in [0.2, 0.25) is 5.95 Å². The van der Waals surface area contributed by atoms with Crippen molar-refractivity contribution in [3.63, 3.8) is 0 Å². The lowest BCUT2D eigenvalue weighted by molar-refractivity contribution is 0.0303. The number of nitrogens with zero attached hydrogens (tertiary/aromatic N) is 3. The second kappa shape index (κ2) is 7.99. The van der Waals surface area contributed by atoms with Crippen molar-refractivity contribution in [3.05, 3.63) is 39.5 Å². The zero-order chi connectivity index (χ0) is 17.8. The molecule has 2 N–H and O–H groups in total. The minimum atomic E-state index is -0.00392. The summed E-state index contributed by atoms with van der Waals surface area (Å²) in [6.45, 7) is 2.38. The zero-order valence-electron chi connectivity index (χ0n) is 13.6. The Bertz CT molecular complexity index is 783. The Morgan fingerprint density at radius 2 is 2.12 bits per heavy atom. The third-order valence-electron chi connectivity index (χ3n) is 3.74. The van der Waals surface area contributed by atoms with Gasteiger partial charge in [0.05, 0.1) is 25.1 Å². The Kier molecular flexibility index (Phi) is 5.72. The number of morpholine rings is 1. The molecular formula is C16H17BrClN5O2. The van der Waals surface area contributed by atoms with Gasteiger partial charge < -0.3 is 20.3 Å². The van der Waals surface area contributed by atoms with E-state index in [1.165, 1.54) is 6.20 Å². The largest absolute Gasteiger partial charge is 0.378 e. The first-order valence-electron chi connectivity index (χ1n) is 7.72. The highest BCUT2D eigenvalue weighted by molar-refractivity contribution is 9.10. The van der Waals surface area contributed by atoms with Crippen LogP contribution >= 0.6 is 27.5 Å². The number of nitrogens with one attached hydrogen (secondary N) is 2. The number of benzene rings is 1. The number of carbonyl (C=O) groups is 1. The Morgan fingerprint density at radius 1 is 1.36 bits per heavy atom. The van der Waals surface area contributed by atoms with Gasteiger partial charge >= 0.3 is 0 Å². The summed E-state index contributed by atoms with van der Waals surface area (Å²) in [6.07, 6.45) is 1.52. The second-order valence-corrected chi connectivity index (χ2v) is 6.63. The van der Waals surface area contributed by atoms with Crippen LogP contribution in [0.5, 0.6) is 0 Å². The molecule has 0 saturated carbocycles. The van der Waals surface area contributed by atoms with Crippen LogP contribution in [0.4, 0.5) is 17.5 Å². The number of carbonyl (C=O) groups excluding carboxylic acids is 1. The third kappa shape index (κ3) is 4.20. The maximum Gasteiger partial charge on any atom is 0.254 e. The SMILES string of the molecule is CNc1nc(Nc2ccc(C(=O)N3CCOCC3)cc2Br)ncc1Cl. The van der Waals surface area contributed by atoms with Crippen molar-refractivity contribution in [2.75, 3.05) is 44.0 Å². The van der Waals surface area contributed by atoms with E-state index >= 15 is 0 Å². The molecular weight excluding hydrogens is 410 g/mol. The van der Waals surface area contributed by atoms with Gasteiger partial charge in [-0.25, -0.2) is 4.98 Å². The number of amides is 1. The van der Waals surface area contributed by atoms with Gasteiger partial charge in [-0.2, -0.15) is 4.98 Å². The summed E-state index contributed by atoms with van der Waals surface area (Å²) in [5, 5.41) is 6.45. The van der Waals surface area contributed by atoms with Gasteiger partial charge in [0.15, 0.2) is 0 Å². The molecule has 1 saturated heterocycles. The average Bonchev–Trinajstić information content (AvgIpc) is 2.65. The van der Waals surface area contributed by atoms with Crippen molar-refractivity contribution in [2.24, 2.45) is 0 Å². The highest BCUT2D eigenvalue weighted by Crippen LogP contribution is 2.27. The summed E-state index contributed by atoms with van der Waals surface area (Å²) in [5.74, 6) is 0.937. The zero-order valence-corrected chi connectivity index (χ0v) is 15.9. The molecule has 25 heavy (non-hydrogen) atoms. The quantitative estimate of drug-likeness (QED) is 0.782. The summed E-state index contributed by atoms with van der Waals surface area (Å²) in [6, 6.07) is 5.38. The lowest BCUT2D eigenvalue weighted by atomic mass is 10.1. The van der Waals surface area contributed by atoms with E-state index in [9.17, 15) is 4.79 Å². The lowest BCUT2D eigenvalue weighted by Gasteiger charge is -2.27. The predicted octanol–water partition coefficient (Wildman–Crippen LogP) is 3.15. The van der Waals surface area contributed by atoms with Crippen molar-refractivity contribution in [1.82, 2.24) is 14.9 Å². The first-order chi connectivity index (χ1) is 12.1. The third-order valence-corrected chi connectivity index (χ3v) is 4.67. The molecule has 2 aromatic rings. The van der Waals surface area contributed by atoms with E-state index in [-0.39, 0.29) is 5.91 Å². The van der Waals surface area contributed by atoms with Crippen LogP contribution in [0.1, 0.15) is 10.4 Å².